The van der Waals surface area contributed by atoms with Gasteiger partial charge in [-0.25, -0.2) is 9.78 Å². The third-order valence-corrected chi connectivity index (χ3v) is 3.87. The summed E-state index contributed by atoms with van der Waals surface area (Å²) in [5.74, 6) is 0.786. The van der Waals surface area contributed by atoms with Crippen LogP contribution in [0.4, 0.5) is 0 Å². The Bertz CT molecular complexity index is 816. The van der Waals surface area contributed by atoms with E-state index < -0.39 is 5.69 Å². The fourth-order valence-corrected chi connectivity index (χ4v) is 2.65. The number of aromatic nitrogens is 4. The molecule has 0 fully saturated rings. The minimum Gasteiger partial charge on any atom is -0.350 e. The lowest BCUT2D eigenvalue weighted by molar-refractivity contribution is -0.122. The molecule has 2 aromatic heterocycles. The van der Waals surface area contributed by atoms with Crippen LogP contribution >= 0.6 is 0 Å². The van der Waals surface area contributed by atoms with Gasteiger partial charge in [0, 0.05) is 50.7 Å². The molecule has 8 heteroatoms. The number of amides is 1. The highest BCUT2D eigenvalue weighted by Crippen LogP contribution is 2.12. The third kappa shape index (κ3) is 2.72. The van der Waals surface area contributed by atoms with E-state index in [0.29, 0.717) is 6.54 Å². The lowest BCUT2D eigenvalue weighted by atomic mass is 10.1. The van der Waals surface area contributed by atoms with Crippen molar-refractivity contribution in [3.05, 3.63) is 51.3 Å². The largest absolute Gasteiger partial charge is 0.350 e. The van der Waals surface area contributed by atoms with E-state index >= 15 is 0 Å². The van der Waals surface area contributed by atoms with Crippen molar-refractivity contribution in [1.29, 1.82) is 0 Å². The number of hydrogen-bond donors (Lipinski definition) is 1. The van der Waals surface area contributed by atoms with Crippen LogP contribution in [0.3, 0.4) is 0 Å². The molecule has 1 atom stereocenters. The summed E-state index contributed by atoms with van der Waals surface area (Å²) in [5, 5.41) is 2.92. The molecule has 22 heavy (non-hydrogen) atoms. The highest BCUT2D eigenvalue weighted by atomic mass is 16.2. The predicted molar refractivity (Wildman–Crippen MR) is 78.4 cm³/mol. The average Bonchev–Trinajstić information content (AvgIpc) is 2.95. The first-order chi connectivity index (χ1) is 10.5. The maximum Gasteiger partial charge on any atom is 0.331 e. The number of imidazole rings is 1. The summed E-state index contributed by atoms with van der Waals surface area (Å²) >= 11 is 0. The molecule has 0 saturated heterocycles. The summed E-state index contributed by atoms with van der Waals surface area (Å²) < 4.78 is 4.22. The zero-order valence-corrected chi connectivity index (χ0v) is 12.2. The fourth-order valence-electron chi connectivity index (χ4n) is 2.65. The van der Waals surface area contributed by atoms with E-state index in [1.54, 1.807) is 6.20 Å². The lowest BCUT2D eigenvalue weighted by Crippen LogP contribution is -2.45. The van der Waals surface area contributed by atoms with Gasteiger partial charge in [0.15, 0.2) is 0 Å². The second-order valence-corrected chi connectivity index (χ2v) is 5.42. The Labute approximate surface area is 126 Å². The van der Waals surface area contributed by atoms with Gasteiger partial charge in [0.2, 0.25) is 5.91 Å². The first kappa shape index (κ1) is 14.3. The van der Waals surface area contributed by atoms with Crippen LogP contribution in [-0.2, 0) is 31.4 Å². The van der Waals surface area contributed by atoms with Gasteiger partial charge in [0.1, 0.15) is 12.4 Å². The highest BCUT2D eigenvalue weighted by Gasteiger charge is 2.20. The normalized spacial score (nSPS) is 17.0. The summed E-state index contributed by atoms with van der Waals surface area (Å²) in [5.41, 5.74) is -0.884. The molecule has 1 N–H and O–H groups in total. The molecule has 2 aromatic rings. The fraction of sp³-hybridized carbons (Fsp3) is 0.429. The van der Waals surface area contributed by atoms with Gasteiger partial charge in [-0.05, 0) is 6.42 Å². The van der Waals surface area contributed by atoms with Crippen molar-refractivity contribution in [2.24, 2.45) is 7.05 Å². The molecule has 1 unspecified atom stereocenters. The Morgan fingerprint density at radius 2 is 2.23 bits per heavy atom. The number of aryl methyl sites for hydroxylation is 1. The Morgan fingerprint density at radius 3 is 3.05 bits per heavy atom. The van der Waals surface area contributed by atoms with Crippen molar-refractivity contribution < 1.29 is 4.79 Å². The van der Waals surface area contributed by atoms with Crippen LogP contribution in [0.5, 0.6) is 0 Å². The second kappa shape index (κ2) is 5.63. The van der Waals surface area contributed by atoms with E-state index in [-0.39, 0.29) is 24.1 Å². The molecule has 1 amide bonds. The van der Waals surface area contributed by atoms with Crippen molar-refractivity contribution in [2.75, 3.05) is 0 Å². The van der Waals surface area contributed by atoms with Crippen molar-refractivity contribution >= 4 is 5.91 Å². The maximum atomic E-state index is 12.1. The first-order valence-electron chi connectivity index (χ1n) is 7.10. The molecule has 0 bridgehead atoms. The van der Waals surface area contributed by atoms with Gasteiger partial charge in [0.25, 0.3) is 5.56 Å². The van der Waals surface area contributed by atoms with Crippen LogP contribution in [0.15, 0.2) is 34.2 Å². The van der Waals surface area contributed by atoms with Crippen LogP contribution in [-0.4, -0.2) is 30.6 Å². The average molecular weight is 303 g/mol. The van der Waals surface area contributed by atoms with Gasteiger partial charge in [-0.15, -0.1) is 0 Å². The molecule has 1 aliphatic heterocycles. The summed E-state index contributed by atoms with van der Waals surface area (Å²) in [7, 11) is 1.39. The van der Waals surface area contributed by atoms with Crippen LogP contribution in [0.25, 0.3) is 0 Å². The molecule has 3 heterocycles. The minimum absolute atomic E-state index is 0.0254. The highest BCUT2D eigenvalue weighted by molar-refractivity contribution is 5.76. The van der Waals surface area contributed by atoms with Gasteiger partial charge < -0.3 is 9.88 Å². The van der Waals surface area contributed by atoms with E-state index in [1.807, 2.05) is 10.8 Å². The Hall–Kier alpha value is -2.64. The molecule has 0 aliphatic carbocycles. The van der Waals surface area contributed by atoms with Gasteiger partial charge in [0.05, 0.1) is 0 Å². The summed E-state index contributed by atoms with van der Waals surface area (Å²) in [6.07, 6.45) is 6.64. The van der Waals surface area contributed by atoms with E-state index in [4.69, 9.17) is 0 Å². The number of nitrogens with zero attached hydrogens (tertiary/aromatic N) is 4. The lowest BCUT2D eigenvalue weighted by Gasteiger charge is -2.24. The minimum atomic E-state index is -0.497. The van der Waals surface area contributed by atoms with Gasteiger partial charge in [-0.2, -0.15) is 0 Å². The van der Waals surface area contributed by atoms with Crippen LogP contribution in [0, 0.1) is 0 Å². The van der Waals surface area contributed by atoms with E-state index in [0.717, 1.165) is 23.2 Å². The summed E-state index contributed by atoms with van der Waals surface area (Å²) in [6.45, 7) is 0.587. The molecular weight excluding hydrogens is 286 g/mol. The van der Waals surface area contributed by atoms with Crippen LogP contribution in [0.2, 0.25) is 0 Å². The summed E-state index contributed by atoms with van der Waals surface area (Å²) in [4.78, 5) is 39.5. The quantitative estimate of drug-likeness (QED) is 0.777. The van der Waals surface area contributed by atoms with Crippen LogP contribution in [0.1, 0.15) is 12.2 Å². The molecule has 1 aliphatic rings. The number of carbonyl (C=O) groups excluding carboxylic acids is 1. The van der Waals surface area contributed by atoms with Gasteiger partial charge >= 0.3 is 5.69 Å². The number of carbonyl (C=O) groups is 1. The van der Waals surface area contributed by atoms with Crippen LogP contribution < -0.4 is 16.6 Å². The van der Waals surface area contributed by atoms with E-state index in [9.17, 15) is 14.4 Å². The molecule has 0 radical (unpaired) electrons. The Morgan fingerprint density at radius 1 is 1.41 bits per heavy atom. The van der Waals surface area contributed by atoms with Crippen molar-refractivity contribution in [2.45, 2.75) is 32.0 Å². The van der Waals surface area contributed by atoms with Gasteiger partial charge in [-0.1, -0.05) is 0 Å². The van der Waals surface area contributed by atoms with Crippen molar-refractivity contribution in [3.8, 4) is 0 Å². The first-order valence-corrected chi connectivity index (χ1v) is 7.10. The summed E-state index contributed by atoms with van der Waals surface area (Å²) in [6, 6.07) is 1.30. The number of rotatable bonds is 3. The SMILES string of the molecule is Cn1c(=O)ccn(CC(=O)NC2CCc3nccn3C2)c1=O. The predicted octanol–water partition coefficient (Wildman–Crippen LogP) is -1.13. The van der Waals surface area contributed by atoms with E-state index in [1.165, 1.54) is 23.9 Å². The molecule has 0 saturated carbocycles. The zero-order valence-electron chi connectivity index (χ0n) is 12.2. The zero-order chi connectivity index (χ0) is 15.7. The molecule has 0 aromatic carbocycles. The standard InChI is InChI=1S/C14H17N5O3/c1-17-13(21)4-6-19(14(17)22)9-12(20)16-10-2-3-11-15-5-7-18(11)8-10/h4-7,10H,2-3,8-9H2,1H3,(H,16,20). The second-order valence-electron chi connectivity index (χ2n) is 5.42. The molecule has 116 valence electrons. The molecule has 0 spiro atoms. The molecular formula is C14H17N5O3. The third-order valence-electron chi connectivity index (χ3n) is 3.87. The molecule has 3 rings (SSSR count). The number of hydrogen-bond acceptors (Lipinski definition) is 4. The Balaban J connectivity index is 1.65. The van der Waals surface area contributed by atoms with E-state index in [2.05, 4.69) is 10.3 Å². The van der Waals surface area contributed by atoms with Crippen molar-refractivity contribution in [1.82, 2.24) is 24.0 Å². The number of nitrogens with one attached hydrogen (secondary N) is 1. The van der Waals surface area contributed by atoms with Crippen molar-refractivity contribution in [3.63, 3.8) is 0 Å². The number of fused-ring (bicyclic) bond motifs is 1. The maximum absolute atomic E-state index is 12.1. The smallest absolute Gasteiger partial charge is 0.331 e. The molecule has 8 nitrogen and oxygen atoms in total. The topological polar surface area (TPSA) is 90.9 Å². The van der Waals surface area contributed by atoms with Gasteiger partial charge in [-0.3, -0.25) is 18.7 Å². The monoisotopic (exact) mass is 303 g/mol. The Kier molecular flexibility index (Phi) is 3.66.